The standard InChI is InChI=1S/C22H18Br2N2O/c23-16-9-5-14(6-10-16)19-13-20(18-3-1-2-4-21(18)27)26-22(25-19)15-7-11-17(24)12-8-15/h1-13,20,22,25-27H. The van der Waals surface area contributed by atoms with Crippen molar-refractivity contribution in [3.63, 3.8) is 0 Å². The van der Waals surface area contributed by atoms with Crippen molar-refractivity contribution in [2.75, 3.05) is 0 Å². The van der Waals surface area contributed by atoms with Gasteiger partial charge in [-0.05, 0) is 47.5 Å². The molecule has 0 spiro atoms. The minimum absolute atomic E-state index is 0.0775. The molecular weight excluding hydrogens is 468 g/mol. The maximum absolute atomic E-state index is 10.3. The predicted octanol–water partition coefficient (Wildman–Crippen LogP) is 5.89. The third-order valence-corrected chi connectivity index (χ3v) is 5.67. The van der Waals surface area contributed by atoms with Gasteiger partial charge in [0.15, 0.2) is 0 Å². The quantitative estimate of drug-likeness (QED) is 0.433. The molecule has 0 radical (unpaired) electrons. The summed E-state index contributed by atoms with van der Waals surface area (Å²) in [6.45, 7) is 0. The van der Waals surface area contributed by atoms with Crippen LogP contribution in [-0.2, 0) is 0 Å². The largest absolute Gasteiger partial charge is 0.508 e. The highest BCUT2D eigenvalue weighted by atomic mass is 79.9. The molecule has 0 fully saturated rings. The van der Waals surface area contributed by atoms with Crippen molar-refractivity contribution < 1.29 is 5.11 Å². The monoisotopic (exact) mass is 484 g/mol. The first-order chi connectivity index (χ1) is 13.1. The van der Waals surface area contributed by atoms with Crippen LogP contribution in [0.5, 0.6) is 5.75 Å². The van der Waals surface area contributed by atoms with Crippen LogP contribution in [0.3, 0.4) is 0 Å². The fourth-order valence-electron chi connectivity index (χ4n) is 3.21. The van der Waals surface area contributed by atoms with Crippen LogP contribution >= 0.6 is 31.9 Å². The third kappa shape index (κ3) is 4.10. The molecule has 0 amide bonds. The van der Waals surface area contributed by atoms with E-state index in [1.807, 2.05) is 42.5 Å². The Morgan fingerprint density at radius 1 is 0.778 bits per heavy atom. The maximum Gasteiger partial charge on any atom is 0.120 e. The number of para-hydroxylation sites is 1. The smallest absolute Gasteiger partial charge is 0.120 e. The maximum atomic E-state index is 10.3. The Bertz CT molecular complexity index is 968. The fourth-order valence-corrected chi connectivity index (χ4v) is 3.74. The number of benzene rings is 3. The third-order valence-electron chi connectivity index (χ3n) is 4.61. The van der Waals surface area contributed by atoms with Crippen LogP contribution in [0.4, 0.5) is 0 Å². The van der Waals surface area contributed by atoms with Crippen molar-refractivity contribution in [2.24, 2.45) is 0 Å². The van der Waals surface area contributed by atoms with Crippen LogP contribution in [-0.4, -0.2) is 5.11 Å². The van der Waals surface area contributed by atoms with Gasteiger partial charge in [-0.2, -0.15) is 0 Å². The van der Waals surface area contributed by atoms with Crippen molar-refractivity contribution in [2.45, 2.75) is 12.2 Å². The average Bonchev–Trinajstić information content (AvgIpc) is 2.69. The molecule has 4 rings (SSSR count). The topological polar surface area (TPSA) is 44.3 Å². The summed E-state index contributed by atoms with van der Waals surface area (Å²) in [5.74, 6) is 0.290. The molecule has 3 nitrogen and oxygen atoms in total. The van der Waals surface area contributed by atoms with Gasteiger partial charge in [-0.1, -0.05) is 74.3 Å². The molecule has 136 valence electrons. The van der Waals surface area contributed by atoms with Crippen molar-refractivity contribution in [3.8, 4) is 5.75 Å². The van der Waals surface area contributed by atoms with E-state index in [1.165, 1.54) is 0 Å². The van der Waals surface area contributed by atoms with Crippen LogP contribution in [0.15, 0.2) is 87.8 Å². The first-order valence-electron chi connectivity index (χ1n) is 8.64. The number of phenols is 1. The predicted molar refractivity (Wildman–Crippen MR) is 116 cm³/mol. The molecule has 0 aromatic heterocycles. The van der Waals surface area contributed by atoms with Gasteiger partial charge in [0.2, 0.25) is 0 Å². The zero-order valence-corrected chi connectivity index (χ0v) is 17.5. The highest BCUT2D eigenvalue weighted by molar-refractivity contribution is 9.10. The lowest BCUT2D eigenvalue weighted by molar-refractivity contribution is 0.419. The molecule has 0 saturated heterocycles. The second-order valence-corrected chi connectivity index (χ2v) is 8.25. The van der Waals surface area contributed by atoms with Gasteiger partial charge in [-0.15, -0.1) is 0 Å². The summed E-state index contributed by atoms with van der Waals surface area (Å²) in [6, 6.07) is 23.8. The zero-order valence-electron chi connectivity index (χ0n) is 14.4. The number of aromatic hydroxyl groups is 1. The van der Waals surface area contributed by atoms with Crippen molar-refractivity contribution in [1.29, 1.82) is 0 Å². The van der Waals surface area contributed by atoms with Gasteiger partial charge in [0, 0.05) is 20.2 Å². The van der Waals surface area contributed by atoms with Gasteiger partial charge in [-0.3, -0.25) is 5.32 Å². The second-order valence-electron chi connectivity index (χ2n) is 6.42. The van der Waals surface area contributed by atoms with Crippen LogP contribution < -0.4 is 10.6 Å². The molecular formula is C22H18Br2N2O. The normalized spacial score (nSPS) is 19.3. The molecule has 2 atom stereocenters. The Morgan fingerprint density at radius 3 is 2.07 bits per heavy atom. The minimum atomic E-state index is -0.111. The summed E-state index contributed by atoms with van der Waals surface area (Å²) in [6.07, 6.45) is 2.04. The molecule has 5 heteroatoms. The molecule has 27 heavy (non-hydrogen) atoms. The van der Waals surface area contributed by atoms with Crippen LogP contribution in [0.1, 0.15) is 28.9 Å². The van der Waals surface area contributed by atoms with E-state index in [0.717, 1.165) is 31.3 Å². The number of phenolic OH excluding ortho intramolecular Hbond substituents is 1. The molecule has 0 aliphatic carbocycles. The number of nitrogens with one attached hydrogen (secondary N) is 2. The molecule has 1 heterocycles. The average molecular weight is 486 g/mol. The summed E-state index contributed by atoms with van der Waals surface area (Å²) in [7, 11) is 0. The molecule has 3 N–H and O–H groups in total. The van der Waals surface area contributed by atoms with E-state index in [0.29, 0.717) is 0 Å². The first kappa shape index (κ1) is 18.3. The lowest BCUT2D eigenvalue weighted by atomic mass is 9.98. The fraction of sp³-hybridized carbons (Fsp3) is 0.0909. The lowest BCUT2D eigenvalue weighted by Gasteiger charge is -2.33. The Morgan fingerprint density at radius 2 is 1.41 bits per heavy atom. The molecule has 1 aliphatic heterocycles. The molecule has 3 aromatic carbocycles. The van der Waals surface area contributed by atoms with E-state index in [9.17, 15) is 5.11 Å². The van der Waals surface area contributed by atoms with Crippen molar-refractivity contribution in [3.05, 3.63) is 105 Å². The summed E-state index contributed by atoms with van der Waals surface area (Å²) >= 11 is 6.99. The van der Waals surface area contributed by atoms with Crippen LogP contribution in [0.2, 0.25) is 0 Å². The van der Waals surface area contributed by atoms with Gasteiger partial charge in [0.05, 0.1) is 6.04 Å². The van der Waals surface area contributed by atoms with E-state index in [-0.39, 0.29) is 18.0 Å². The second kappa shape index (κ2) is 7.89. The number of hydrogen-bond donors (Lipinski definition) is 3. The molecule has 1 aliphatic rings. The van der Waals surface area contributed by atoms with Gasteiger partial charge in [0.25, 0.3) is 0 Å². The van der Waals surface area contributed by atoms with E-state index in [2.05, 4.69) is 72.8 Å². The molecule has 3 aromatic rings. The number of hydrogen-bond acceptors (Lipinski definition) is 3. The van der Waals surface area contributed by atoms with E-state index in [4.69, 9.17) is 0 Å². The summed E-state index contributed by atoms with van der Waals surface area (Å²) in [5.41, 5.74) is 4.11. The van der Waals surface area contributed by atoms with Gasteiger partial charge < -0.3 is 10.4 Å². The van der Waals surface area contributed by atoms with Crippen molar-refractivity contribution in [1.82, 2.24) is 10.6 Å². The van der Waals surface area contributed by atoms with Gasteiger partial charge in [0.1, 0.15) is 11.9 Å². The van der Waals surface area contributed by atoms with Gasteiger partial charge >= 0.3 is 0 Å². The summed E-state index contributed by atoms with van der Waals surface area (Å²) < 4.78 is 2.09. The highest BCUT2D eigenvalue weighted by Crippen LogP contribution is 2.33. The Labute approximate surface area is 175 Å². The Hall–Kier alpha value is -2.08. The minimum Gasteiger partial charge on any atom is -0.508 e. The van der Waals surface area contributed by atoms with Gasteiger partial charge in [-0.25, -0.2) is 0 Å². The lowest BCUT2D eigenvalue weighted by Crippen LogP contribution is -2.39. The summed E-state index contributed by atoms with van der Waals surface area (Å²) in [5, 5.41) is 17.5. The Kier molecular flexibility index (Phi) is 5.34. The van der Waals surface area contributed by atoms with E-state index < -0.39 is 0 Å². The summed E-state index contributed by atoms with van der Waals surface area (Å²) in [4.78, 5) is 0. The zero-order chi connectivity index (χ0) is 18.8. The van der Waals surface area contributed by atoms with Crippen LogP contribution in [0.25, 0.3) is 5.70 Å². The molecule has 0 bridgehead atoms. The van der Waals surface area contributed by atoms with Crippen molar-refractivity contribution >= 4 is 37.6 Å². The number of rotatable bonds is 3. The SMILES string of the molecule is Oc1ccccc1C1C=C(c2ccc(Br)cc2)NC(c2ccc(Br)cc2)N1. The van der Waals surface area contributed by atoms with E-state index in [1.54, 1.807) is 6.07 Å². The van der Waals surface area contributed by atoms with E-state index >= 15 is 0 Å². The number of halogens is 2. The highest BCUT2D eigenvalue weighted by Gasteiger charge is 2.25. The first-order valence-corrected chi connectivity index (χ1v) is 10.2. The molecule has 0 saturated carbocycles. The van der Waals surface area contributed by atoms with Crippen LogP contribution in [0, 0.1) is 0 Å². The Balaban J connectivity index is 1.75. The molecule has 2 unspecified atom stereocenters.